The lowest BCUT2D eigenvalue weighted by Crippen LogP contribution is -2.36. The summed E-state index contributed by atoms with van der Waals surface area (Å²) < 4.78 is 6.00. The van der Waals surface area contributed by atoms with Crippen LogP contribution in [-0.4, -0.2) is 29.6 Å². The number of hydrogen-bond donors (Lipinski definition) is 2. The highest BCUT2D eigenvalue weighted by molar-refractivity contribution is 9.10. The van der Waals surface area contributed by atoms with Crippen LogP contribution in [0.4, 0.5) is 4.79 Å². The molecule has 1 atom stereocenters. The summed E-state index contributed by atoms with van der Waals surface area (Å²) in [6, 6.07) is 3.21. The summed E-state index contributed by atoms with van der Waals surface area (Å²) in [5.74, 6) is 0.0222. The van der Waals surface area contributed by atoms with Gasteiger partial charge in [-0.05, 0) is 12.1 Å². The summed E-state index contributed by atoms with van der Waals surface area (Å²) >= 11 is 9.15. The molecule has 1 aromatic rings. The maximum absolute atomic E-state index is 11.9. The molecule has 0 saturated carbocycles. The first kappa shape index (κ1) is 12.2. The molecule has 17 heavy (non-hydrogen) atoms. The highest BCUT2D eigenvalue weighted by Crippen LogP contribution is 2.38. The minimum Gasteiger partial charge on any atom is -0.478 e. The van der Waals surface area contributed by atoms with Crippen molar-refractivity contribution in [3.63, 3.8) is 0 Å². The van der Waals surface area contributed by atoms with Crippen molar-refractivity contribution < 1.29 is 19.4 Å². The lowest BCUT2D eigenvalue weighted by Gasteiger charge is -2.08. The molecule has 1 aliphatic heterocycles. The molecule has 0 saturated heterocycles. The molecular weight excluding hydrogens is 313 g/mol. The van der Waals surface area contributed by atoms with E-state index in [0.29, 0.717) is 20.8 Å². The van der Waals surface area contributed by atoms with Crippen molar-refractivity contribution >= 4 is 39.4 Å². The predicted molar refractivity (Wildman–Crippen MR) is 63.9 cm³/mol. The quantitative estimate of drug-likeness (QED) is 0.877. The van der Waals surface area contributed by atoms with E-state index in [2.05, 4.69) is 21.2 Å². The zero-order valence-electron chi connectivity index (χ0n) is 8.37. The van der Waals surface area contributed by atoms with Gasteiger partial charge in [0.25, 0.3) is 0 Å². The number of fused-ring (bicyclic) bond motifs is 1. The number of carbonyl (C=O) groups excluding carboxylic acids is 1. The largest absolute Gasteiger partial charge is 0.478 e. The van der Waals surface area contributed by atoms with E-state index in [1.54, 1.807) is 12.1 Å². The summed E-state index contributed by atoms with van der Waals surface area (Å²) in [5.41, 5.74) is 0.363. The van der Waals surface area contributed by atoms with Gasteiger partial charge in [-0.3, -0.25) is 4.79 Å². The van der Waals surface area contributed by atoms with Gasteiger partial charge in [0.15, 0.2) is 6.10 Å². The van der Waals surface area contributed by atoms with Crippen molar-refractivity contribution in [2.45, 2.75) is 6.10 Å². The molecule has 2 rings (SSSR count). The third kappa shape index (κ3) is 2.37. The number of ether oxygens (including phenoxy) is 1. The minimum absolute atomic E-state index is 0.100. The lowest BCUT2D eigenvalue weighted by molar-refractivity contribution is 0.0857. The molecular formula is C10H7BrClNO4. The van der Waals surface area contributed by atoms with Crippen LogP contribution in [0.1, 0.15) is 10.4 Å². The average Bonchev–Trinajstić information content (AvgIpc) is 2.54. The highest BCUT2D eigenvalue weighted by Gasteiger charge is 2.34. The number of nitrogens with one attached hydrogen (secondary N) is 1. The van der Waals surface area contributed by atoms with Gasteiger partial charge in [-0.25, -0.2) is 4.79 Å². The zero-order chi connectivity index (χ0) is 12.6. The third-order valence-electron chi connectivity index (χ3n) is 2.27. The van der Waals surface area contributed by atoms with Gasteiger partial charge in [0.05, 0.1) is 17.1 Å². The van der Waals surface area contributed by atoms with Crippen molar-refractivity contribution in [2.75, 3.05) is 6.54 Å². The van der Waals surface area contributed by atoms with Gasteiger partial charge in [-0.15, -0.1) is 0 Å². The number of ketones is 1. The molecule has 90 valence electrons. The van der Waals surface area contributed by atoms with Crippen LogP contribution in [0, 0.1) is 0 Å². The van der Waals surface area contributed by atoms with Gasteiger partial charge in [0, 0.05) is 4.47 Å². The van der Waals surface area contributed by atoms with Crippen LogP contribution in [0.25, 0.3) is 0 Å². The van der Waals surface area contributed by atoms with Crippen molar-refractivity contribution in [3.05, 3.63) is 27.2 Å². The zero-order valence-corrected chi connectivity index (χ0v) is 10.7. The van der Waals surface area contributed by atoms with E-state index in [0.717, 1.165) is 0 Å². The van der Waals surface area contributed by atoms with Gasteiger partial charge in [-0.2, -0.15) is 0 Å². The Labute approximate surface area is 110 Å². The normalized spacial score (nSPS) is 17.5. The van der Waals surface area contributed by atoms with E-state index < -0.39 is 12.2 Å². The van der Waals surface area contributed by atoms with Crippen LogP contribution in [0.2, 0.25) is 5.02 Å². The van der Waals surface area contributed by atoms with E-state index in [1.165, 1.54) is 0 Å². The summed E-state index contributed by atoms with van der Waals surface area (Å²) in [7, 11) is 0. The molecule has 2 N–H and O–H groups in total. The number of halogens is 2. The molecule has 1 unspecified atom stereocenters. The van der Waals surface area contributed by atoms with Gasteiger partial charge >= 0.3 is 6.09 Å². The van der Waals surface area contributed by atoms with Gasteiger partial charge in [-0.1, -0.05) is 27.5 Å². The highest BCUT2D eigenvalue weighted by atomic mass is 79.9. The molecule has 1 aliphatic rings. The number of hydrogen-bond acceptors (Lipinski definition) is 3. The number of benzene rings is 1. The van der Waals surface area contributed by atoms with Crippen molar-refractivity contribution in [1.82, 2.24) is 5.32 Å². The SMILES string of the molecule is O=C(O)NCC1Oc2c(Cl)cc(Br)cc2C1=O. The number of Topliss-reactive ketones (excluding diaryl/α,β-unsaturated/α-hetero) is 1. The van der Waals surface area contributed by atoms with Crippen molar-refractivity contribution in [3.8, 4) is 5.75 Å². The molecule has 0 aromatic heterocycles. The molecule has 0 radical (unpaired) electrons. The molecule has 1 heterocycles. The van der Waals surface area contributed by atoms with Crippen LogP contribution >= 0.6 is 27.5 Å². The first-order valence-corrected chi connectivity index (χ1v) is 5.83. The molecule has 1 aromatic carbocycles. The van der Waals surface area contributed by atoms with Gasteiger partial charge in [0.2, 0.25) is 5.78 Å². The van der Waals surface area contributed by atoms with E-state index in [9.17, 15) is 9.59 Å². The molecule has 5 nitrogen and oxygen atoms in total. The van der Waals surface area contributed by atoms with Crippen LogP contribution in [0.3, 0.4) is 0 Å². The summed E-state index contributed by atoms with van der Waals surface area (Å²) in [4.78, 5) is 22.2. The lowest BCUT2D eigenvalue weighted by atomic mass is 10.1. The number of amides is 1. The average molecular weight is 321 g/mol. The summed E-state index contributed by atoms with van der Waals surface area (Å²) in [6.45, 7) is -0.100. The van der Waals surface area contributed by atoms with E-state index >= 15 is 0 Å². The molecule has 7 heteroatoms. The third-order valence-corrected chi connectivity index (χ3v) is 3.00. The smallest absolute Gasteiger partial charge is 0.404 e. The fourth-order valence-corrected chi connectivity index (χ4v) is 2.40. The van der Waals surface area contributed by atoms with Gasteiger partial charge < -0.3 is 15.2 Å². The number of carbonyl (C=O) groups is 2. The van der Waals surface area contributed by atoms with Crippen molar-refractivity contribution in [2.24, 2.45) is 0 Å². The Morgan fingerprint density at radius 3 is 2.94 bits per heavy atom. The number of rotatable bonds is 2. The topological polar surface area (TPSA) is 75.6 Å². The maximum Gasteiger partial charge on any atom is 0.404 e. The molecule has 1 amide bonds. The first-order valence-electron chi connectivity index (χ1n) is 4.65. The Kier molecular flexibility index (Phi) is 3.26. The van der Waals surface area contributed by atoms with E-state index in [1.807, 2.05) is 0 Å². The second-order valence-corrected chi connectivity index (χ2v) is 4.74. The Bertz CT molecular complexity index is 505. The molecule has 0 spiro atoms. The standard InChI is InChI=1S/C10H7BrClNO4/c11-4-1-5-8(14)7(3-13-10(15)16)17-9(5)6(12)2-4/h1-2,7,13H,3H2,(H,15,16). The summed E-state index contributed by atoms with van der Waals surface area (Å²) in [5, 5.41) is 10.9. The summed E-state index contributed by atoms with van der Waals surface area (Å²) in [6.07, 6.45) is -2.06. The Hall–Kier alpha value is -1.27. The second-order valence-electron chi connectivity index (χ2n) is 3.42. The minimum atomic E-state index is -1.20. The van der Waals surface area contributed by atoms with Crippen LogP contribution < -0.4 is 10.1 Å². The van der Waals surface area contributed by atoms with E-state index in [4.69, 9.17) is 21.4 Å². The predicted octanol–water partition coefficient (Wildman–Crippen LogP) is 2.31. The van der Waals surface area contributed by atoms with Crippen LogP contribution in [0.15, 0.2) is 16.6 Å². The second kappa shape index (κ2) is 4.54. The Morgan fingerprint density at radius 1 is 1.59 bits per heavy atom. The van der Waals surface area contributed by atoms with E-state index in [-0.39, 0.29) is 12.3 Å². The fourth-order valence-electron chi connectivity index (χ4n) is 1.55. The molecule has 0 bridgehead atoms. The fraction of sp³-hybridized carbons (Fsp3) is 0.200. The first-order chi connectivity index (χ1) is 7.99. The van der Waals surface area contributed by atoms with Gasteiger partial charge in [0.1, 0.15) is 5.75 Å². The van der Waals surface area contributed by atoms with Crippen LogP contribution in [0.5, 0.6) is 5.75 Å². The monoisotopic (exact) mass is 319 g/mol. The number of carboxylic acid groups (broad SMARTS) is 1. The molecule has 0 aliphatic carbocycles. The maximum atomic E-state index is 11.9. The Morgan fingerprint density at radius 2 is 2.29 bits per heavy atom. The van der Waals surface area contributed by atoms with Crippen LogP contribution in [-0.2, 0) is 0 Å². The van der Waals surface area contributed by atoms with Crippen molar-refractivity contribution in [1.29, 1.82) is 0 Å². The molecule has 0 fully saturated rings. The Balaban J connectivity index is 2.23.